The lowest BCUT2D eigenvalue weighted by molar-refractivity contribution is -0.647. The third-order valence-electron chi connectivity index (χ3n) is 3.08. The Kier molecular flexibility index (Phi) is 4.09. The molecule has 3 aromatic rings. The van der Waals surface area contributed by atoms with E-state index in [2.05, 4.69) is 10.1 Å². The van der Waals surface area contributed by atoms with Gasteiger partial charge in [0, 0.05) is 21.2 Å². The molecule has 0 spiro atoms. The molecule has 0 aliphatic carbocycles. The molecule has 3 rings (SSSR count). The Morgan fingerprint density at radius 1 is 1.04 bits per heavy atom. The smallest absolute Gasteiger partial charge is 0.314 e. The molecule has 0 saturated carbocycles. The van der Waals surface area contributed by atoms with Crippen LogP contribution < -0.4 is 4.85 Å². The van der Waals surface area contributed by atoms with Crippen LogP contribution in [0.25, 0.3) is 11.0 Å². The quantitative estimate of drug-likeness (QED) is 0.522. The number of nitrogens with zero attached hydrogens (tertiary/aromatic N) is 3. The Hall–Kier alpha value is -1.96. The number of fused-ring (bicyclic) bond motifs is 1. The highest BCUT2D eigenvalue weighted by molar-refractivity contribution is 7.90. The highest BCUT2D eigenvalue weighted by Crippen LogP contribution is 2.18. The highest BCUT2D eigenvalue weighted by Gasteiger charge is 2.24. The van der Waals surface area contributed by atoms with Crippen LogP contribution in [0.15, 0.2) is 47.6 Å². The Balaban J connectivity index is 2.04. The van der Waals surface area contributed by atoms with Gasteiger partial charge in [-0.15, -0.1) is 0 Å². The van der Waals surface area contributed by atoms with Crippen LogP contribution in [0.5, 0.6) is 0 Å². The van der Waals surface area contributed by atoms with Gasteiger partial charge in [0.2, 0.25) is 9.84 Å². The van der Waals surface area contributed by atoms with Crippen molar-refractivity contribution in [3.63, 3.8) is 0 Å². The minimum Gasteiger partial charge on any atom is -0.594 e. The van der Waals surface area contributed by atoms with Crippen molar-refractivity contribution < 1.29 is 13.3 Å². The number of hydrogen-bond donors (Lipinski definition) is 0. The Morgan fingerprint density at radius 2 is 1.70 bits per heavy atom. The standard InChI is InChI=1S/C14H9Cl2N3O3S/c15-10-3-1-9(2-4-10)8-23(21,22)14-17-12-6-5-11(16)7-13(12)19(20)18-14/h1-7H,8H2. The van der Waals surface area contributed by atoms with Crippen LogP contribution in [0.1, 0.15) is 5.56 Å². The van der Waals surface area contributed by atoms with E-state index in [0.29, 0.717) is 15.6 Å². The third-order valence-corrected chi connectivity index (χ3v) is 5.01. The lowest BCUT2D eigenvalue weighted by Gasteiger charge is -2.05. The summed E-state index contributed by atoms with van der Waals surface area (Å²) in [5.41, 5.74) is 0.823. The zero-order valence-corrected chi connectivity index (χ0v) is 13.8. The topological polar surface area (TPSA) is 86.9 Å². The second-order valence-electron chi connectivity index (χ2n) is 4.79. The van der Waals surface area contributed by atoms with Crippen molar-refractivity contribution in [3.05, 3.63) is 63.3 Å². The maximum atomic E-state index is 12.4. The van der Waals surface area contributed by atoms with Gasteiger partial charge in [-0.3, -0.25) is 0 Å². The van der Waals surface area contributed by atoms with Crippen molar-refractivity contribution in [3.8, 4) is 0 Å². The SMILES string of the molecule is O=S(=O)(Cc1ccc(Cl)cc1)c1nc2ccc(Cl)cc2[n+]([O-])n1. The van der Waals surface area contributed by atoms with Crippen LogP contribution >= 0.6 is 23.2 Å². The summed E-state index contributed by atoms with van der Waals surface area (Å²) in [5, 5.41) is 15.7. The van der Waals surface area contributed by atoms with E-state index < -0.39 is 15.0 Å². The molecule has 0 aliphatic heterocycles. The second kappa shape index (κ2) is 5.92. The predicted molar refractivity (Wildman–Crippen MR) is 85.8 cm³/mol. The first kappa shape index (κ1) is 15.9. The molecule has 0 aliphatic rings. The third kappa shape index (κ3) is 3.36. The largest absolute Gasteiger partial charge is 0.594 e. The van der Waals surface area contributed by atoms with Crippen LogP contribution in [-0.4, -0.2) is 18.5 Å². The van der Waals surface area contributed by atoms with Crippen LogP contribution in [-0.2, 0) is 15.6 Å². The van der Waals surface area contributed by atoms with Gasteiger partial charge in [-0.25, -0.2) is 13.4 Å². The molecule has 0 fully saturated rings. The zero-order valence-electron chi connectivity index (χ0n) is 11.5. The van der Waals surface area contributed by atoms with Gasteiger partial charge in [0.1, 0.15) is 5.52 Å². The number of benzene rings is 2. The van der Waals surface area contributed by atoms with Gasteiger partial charge in [0.05, 0.1) is 5.75 Å². The summed E-state index contributed by atoms with van der Waals surface area (Å²) in [6.45, 7) is 0. The molecular formula is C14H9Cl2N3O3S. The molecule has 1 heterocycles. The van der Waals surface area contributed by atoms with Crippen molar-refractivity contribution >= 4 is 44.1 Å². The molecule has 23 heavy (non-hydrogen) atoms. The summed E-state index contributed by atoms with van der Waals surface area (Å²) in [7, 11) is -3.87. The molecule has 1 aromatic heterocycles. The highest BCUT2D eigenvalue weighted by atomic mass is 35.5. The molecule has 0 bridgehead atoms. The zero-order chi connectivity index (χ0) is 16.6. The maximum Gasteiger partial charge on any atom is 0.314 e. The molecular weight excluding hydrogens is 361 g/mol. The van der Waals surface area contributed by atoms with Crippen LogP contribution in [0, 0.1) is 5.21 Å². The number of halogens is 2. The summed E-state index contributed by atoms with van der Waals surface area (Å²) < 4.78 is 24.8. The lowest BCUT2D eigenvalue weighted by atomic mass is 10.2. The summed E-state index contributed by atoms with van der Waals surface area (Å²) in [6.07, 6.45) is 0. The van der Waals surface area contributed by atoms with Crippen LogP contribution in [0.4, 0.5) is 0 Å². The summed E-state index contributed by atoms with van der Waals surface area (Å²) in [4.78, 5) is 4.17. The predicted octanol–water partition coefficient (Wildman–Crippen LogP) is 2.54. The van der Waals surface area contributed by atoms with Crippen molar-refractivity contribution in [2.45, 2.75) is 10.9 Å². The fraction of sp³-hybridized carbons (Fsp3) is 0.0714. The number of sulfone groups is 1. The van der Waals surface area contributed by atoms with Crippen molar-refractivity contribution in [1.82, 2.24) is 10.1 Å². The van der Waals surface area contributed by atoms with E-state index in [-0.39, 0.29) is 21.6 Å². The van der Waals surface area contributed by atoms with E-state index in [1.165, 1.54) is 18.2 Å². The van der Waals surface area contributed by atoms with Crippen LogP contribution in [0.2, 0.25) is 10.0 Å². The average Bonchev–Trinajstić information content (AvgIpc) is 2.50. The molecule has 6 nitrogen and oxygen atoms in total. The van der Waals surface area contributed by atoms with Gasteiger partial charge < -0.3 is 5.21 Å². The van der Waals surface area contributed by atoms with Gasteiger partial charge in [0.25, 0.3) is 5.52 Å². The van der Waals surface area contributed by atoms with Gasteiger partial charge in [0.15, 0.2) is 0 Å². The first-order chi connectivity index (χ1) is 10.8. The molecule has 0 atom stereocenters. The Bertz CT molecular complexity index is 992. The average molecular weight is 370 g/mol. The van der Waals surface area contributed by atoms with E-state index in [1.54, 1.807) is 24.3 Å². The molecule has 9 heteroatoms. The van der Waals surface area contributed by atoms with E-state index in [4.69, 9.17) is 23.2 Å². The van der Waals surface area contributed by atoms with Crippen molar-refractivity contribution in [2.24, 2.45) is 0 Å². The minimum absolute atomic E-state index is 0.0999. The van der Waals surface area contributed by atoms with E-state index in [1.807, 2.05) is 0 Å². The first-order valence-corrected chi connectivity index (χ1v) is 8.80. The van der Waals surface area contributed by atoms with Gasteiger partial charge in [-0.05, 0) is 34.7 Å². The molecule has 2 aromatic carbocycles. The number of hydrogen-bond acceptors (Lipinski definition) is 5. The fourth-order valence-electron chi connectivity index (χ4n) is 2.00. The van der Waals surface area contributed by atoms with Crippen molar-refractivity contribution in [1.29, 1.82) is 0 Å². The molecule has 0 amide bonds. The summed E-state index contributed by atoms with van der Waals surface area (Å²) >= 11 is 11.6. The Labute approximate surface area is 141 Å². The molecule has 118 valence electrons. The molecule has 0 unspecified atom stereocenters. The molecule has 0 saturated heterocycles. The monoisotopic (exact) mass is 369 g/mol. The fourth-order valence-corrected chi connectivity index (χ4v) is 3.49. The van der Waals surface area contributed by atoms with E-state index >= 15 is 0 Å². The van der Waals surface area contributed by atoms with Gasteiger partial charge in [-0.2, -0.15) is 0 Å². The summed E-state index contributed by atoms with van der Waals surface area (Å²) in [5.74, 6) is -0.330. The lowest BCUT2D eigenvalue weighted by Crippen LogP contribution is -2.35. The second-order valence-corrected chi connectivity index (χ2v) is 7.54. The van der Waals surface area contributed by atoms with E-state index in [0.717, 1.165) is 0 Å². The minimum atomic E-state index is -3.87. The number of rotatable bonds is 3. The van der Waals surface area contributed by atoms with Gasteiger partial charge >= 0.3 is 5.16 Å². The molecule has 0 radical (unpaired) electrons. The summed E-state index contributed by atoms with van der Waals surface area (Å²) in [6, 6.07) is 10.7. The Morgan fingerprint density at radius 3 is 2.39 bits per heavy atom. The van der Waals surface area contributed by atoms with Crippen molar-refractivity contribution in [2.75, 3.05) is 0 Å². The normalized spacial score (nSPS) is 11.7. The molecule has 0 N–H and O–H groups in total. The maximum absolute atomic E-state index is 12.4. The van der Waals surface area contributed by atoms with Gasteiger partial charge in [-0.1, -0.05) is 35.3 Å². The van der Waals surface area contributed by atoms with Crippen LogP contribution in [0.3, 0.4) is 0 Å². The number of aromatic nitrogens is 3. The van der Waals surface area contributed by atoms with E-state index in [9.17, 15) is 13.6 Å². The first-order valence-electron chi connectivity index (χ1n) is 6.39.